The van der Waals surface area contributed by atoms with Gasteiger partial charge in [0.2, 0.25) is 0 Å². The predicted molar refractivity (Wildman–Crippen MR) is 91.9 cm³/mol. The van der Waals surface area contributed by atoms with Crippen LogP contribution in [0.1, 0.15) is 31.7 Å². The predicted octanol–water partition coefficient (Wildman–Crippen LogP) is 3.65. The summed E-state index contributed by atoms with van der Waals surface area (Å²) in [5.74, 6) is -0.740. The highest BCUT2D eigenvalue weighted by Gasteiger charge is 2.36. The van der Waals surface area contributed by atoms with Gasteiger partial charge < -0.3 is 19.3 Å². The molecule has 0 fully saturated rings. The molecule has 1 aromatic carbocycles. The number of hydrogen-bond donors (Lipinski definition) is 1. The lowest BCUT2D eigenvalue weighted by atomic mass is 9.92. The highest BCUT2D eigenvalue weighted by molar-refractivity contribution is 6.05. The van der Waals surface area contributed by atoms with Gasteiger partial charge in [0.05, 0.1) is 25.7 Å². The van der Waals surface area contributed by atoms with E-state index in [1.165, 1.54) is 7.11 Å². The third-order valence-electron chi connectivity index (χ3n) is 4.00. The van der Waals surface area contributed by atoms with E-state index >= 15 is 0 Å². The smallest absolute Gasteiger partial charge is 0.195 e. The van der Waals surface area contributed by atoms with Crippen LogP contribution in [0, 0.1) is 0 Å². The van der Waals surface area contributed by atoms with Crippen LogP contribution in [-0.2, 0) is 14.3 Å². The van der Waals surface area contributed by atoms with Gasteiger partial charge in [-0.05, 0) is 30.7 Å². The van der Waals surface area contributed by atoms with E-state index in [9.17, 15) is 9.90 Å². The number of hydrogen-bond acceptors (Lipinski definition) is 5. The number of aliphatic hydroxyl groups excluding tert-OH is 1. The van der Waals surface area contributed by atoms with E-state index in [0.29, 0.717) is 17.9 Å². The average molecular weight is 332 g/mol. The molecule has 0 heterocycles. The van der Waals surface area contributed by atoms with Gasteiger partial charge in [-0.3, -0.25) is 4.79 Å². The number of methoxy groups -OCH3 is 2. The lowest BCUT2D eigenvalue weighted by Crippen LogP contribution is -2.38. The first-order chi connectivity index (χ1) is 11.5. The van der Waals surface area contributed by atoms with E-state index in [2.05, 4.69) is 6.92 Å². The second kappa shape index (κ2) is 8.13. The Morgan fingerprint density at radius 3 is 2.75 bits per heavy atom. The summed E-state index contributed by atoms with van der Waals surface area (Å²) in [5, 5.41) is 10.5. The van der Waals surface area contributed by atoms with Crippen LogP contribution in [0.3, 0.4) is 0 Å². The van der Waals surface area contributed by atoms with Crippen LogP contribution in [0.4, 0.5) is 0 Å². The fourth-order valence-corrected chi connectivity index (χ4v) is 2.51. The molecule has 1 atom stereocenters. The van der Waals surface area contributed by atoms with E-state index < -0.39 is 5.79 Å². The van der Waals surface area contributed by atoms with Crippen molar-refractivity contribution < 1.29 is 24.1 Å². The van der Waals surface area contributed by atoms with Crippen molar-refractivity contribution in [1.29, 1.82) is 0 Å². The van der Waals surface area contributed by atoms with Gasteiger partial charge in [0.1, 0.15) is 11.5 Å². The van der Waals surface area contributed by atoms with Crippen LogP contribution < -0.4 is 4.74 Å². The number of Topliss-reactive ketones (excluding diaryl/α,β-unsaturated/α-hetero) is 1. The Bertz CT molecular complexity index is 647. The summed E-state index contributed by atoms with van der Waals surface area (Å²) in [6.45, 7) is 2.58. The number of ketones is 1. The first kappa shape index (κ1) is 18.2. The molecular formula is C19H24O5. The van der Waals surface area contributed by atoms with Gasteiger partial charge in [0.25, 0.3) is 0 Å². The van der Waals surface area contributed by atoms with Crippen molar-refractivity contribution in [2.24, 2.45) is 0 Å². The summed E-state index contributed by atoms with van der Waals surface area (Å²) >= 11 is 0. The lowest BCUT2D eigenvalue weighted by Gasteiger charge is -2.31. The molecule has 0 saturated carbocycles. The van der Waals surface area contributed by atoms with Crippen LogP contribution in [0.15, 0.2) is 42.0 Å². The molecule has 0 bridgehead atoms. The molecule has 24 heavy (non-hydrogen) atoms. The maximum Gasteiger partial charge on any atom is 0.195 e. The summed E-state index contributed by atoms with van der Waals surface area (Å²) in [6, 6.07) is 6.94. The third kappa shape index (κ3) is 4.04. The molecule has 1 aliphatic carbocycles. The Labute approximate surface area is 142 Å². The van der Waals surface area contributed by atoms with Gasteiger partial charge >= 0.3 is 0 Å². The molecule has 0 aromatic heterocycles. The van der Waals surface area contributed by atoms with E-state index in [1.54, 1.807) is 43.5 Å². The number of benzene rings is 1. The maximum absolute atomic E-state index is 12.5. The zero-order chi connectivity index (χ0) is 17.6. The van der Waals surface area contributed by atoms with Gasteiger partial charge in [0, 0.05) is 12.7 Å². The highest BCUT2D eigenvalue weighted by atomic mass is 16.7. The average Bonchev–Trinajstić information content (AvgIpc) is 2.61. The topological polar surface area (TPSA) is 65.0 Å². The molecule has 5 nitrogen and oxygen atoms in total. The number of ether oxygens (including phenoxy) is 3. The van der Waals surface area contributed by atoms with Crippen molar-refractivity contribution in [3.8, 4) is 5.75 Å². The second-order valence-corrected chi connectivity index (χ2v) is 5.65. The summed E-state index contributed by atoms with van der Waals surface area (Å²) in [5.41, 5.74) is 0.772. The van der Waals surface area contributed by atoms with Crippen LogP contribution in [0.25, 0.3) is 5.76 Å². The molecule has 0 saturated heterocycles. The SMILES string of the molecule is CCCCOC1(OC)C=CC(=C(O)c2cccc(OC)c2)C(=O)C1. The maximum atomic E-state index is 12.5. The Kier molecular flexibility index (Phi) is 6.17. The molecule has 0 spiro atoms. The molecule has 1 unspecified atom stereocenters. The largest absolute Gasteiger partial charge is 0.507 e. The fourth-order valence-electron chi connectivity index (χ4n) is 2.51. The number of carbonyl (C=O) groups is 1. The van der Waals surface area contributed by atoms with Gasteiger partial charge in [-0.1, -0.05) is 25.5 Å². The fraction of sp³-hybridized carbons (Fsp3) is 0.421. The first-order valence-electron chi connectivity index (χ1n) is 8.04. The monoisotopic (exact) mass is 332 g/mol. The molecule has 2 rings (SSSR count). The van der Waals surface area contributed by atoms with E-state index in [4.69, 9.17) is 14.2 Å². The molecule has 130 valence electrons. The van der Waals surface area contributed by atoms with Crippen LogP contribution >= 0.6 is 0 Å². The van der Waals surface area contributed by atoms with E-state index in [-0.39, 0.29) is 23.5 Å². The highest BCUT2D eigenvalue weighted by Crippen LogP contribution is 2.31. The molecular weight excluding hydrogens is 308 g/mol. The lowest BCUT2D eigenvalue weighted by molar-refractivity contribution is -0.193. The van der Waals surface area contributed by atoms with Crippen molar-refractivity contribution in [2.45, 2.75) is 32.0 Å². The summed E-state index contributed by atoms with van der Waals surface area (Å²) in [4.78, 5) is 12.5. The Morgan fingerprint density at radius 2 is 2.12 bits per heavy atom. The first-order valence-corrected chi connectivity index (χ1v) is 8.04. The zero-order valence-corrected chi connectivity index (χ0v) is 14.4. The van der Waals surface area contributed by atoms with Crippen LogP contribution in [0.2, 0.25) is 0 Å². The molecule has 1 aromatic rings. The van der Waals surface area contributed by atoms with Gasteiger partial charge in [0.15, 0.2) is 11.6 Å². The van der Waals surface area contributed by atoms with Gasteiger partial charge in [-0.2, -0.15) is 0 Å². The number of allylic oxidation sites excluding steroid dienone is 2. The molecule has 1 aliphatic rings. The Hall–Kier alpha value is -2.11. The number of carbonyl (C=O) groups excluding carboxylic acids is 1. The second-order valence-electron chi connectivity index (χ2n) is 5.65. The zero-order valence-electron chi connectivity index (χ0n) is 14.4. The normalized spacial score (nSPS) is 22.5. The van der Waals surface area contributed by atoms with Gasteiger partial charge in [-0.15, -0.1) is 0 Å². The van der Waals surface area contributed by atoms with Crippen LogP contribution in [-0.4, -0.2) is 37.5 Å². The van der Waals surface area contributed by atoms with Crippen molar-refractivity contribution >= 4 is 11.5 Å². The molecule has 0 aliphatic heterocycles. The van der Waals surface area contributed by atoms with Crippen molar-refractivity contribution in [3.05, 3.63) is 47.6 Å². The summed E-state index contributed by atoms with van der Waals surface area (Å²) in [7, 11) is 3.07. The Balaban J connectivity index is 2.28. The third-order valence-corrected chi connectivity index (χ3v) is 4.00. The van der Waals surface area contributed by atoms with Crippen molar-refractivity contribution in [1.82, 2.24) is 0 Å². The van der Waals surface area contributed by atoms with E-state index in [1.807, 2.05) is 0 Å². The molecule has 0 amide bonds. The summed E-state index contributed by atoms with van der Waals surface area (Å²) < 4.78 is 16.3. The van der Waals surface area contributed by atoms with E-state index in [0.717, 1.165) is 12.8 Å². The standard InChI is InChI=1S/C19H24O5/c1-4-5-11-24-19(23-3)10-9-16(17(20)13-19)18(21)14-7-6-8-15(12-14)22-2/h6-10,12,21H,4-5,11,13H2,1-3H3. The molecule has 5 heteroatoms. The van der Waals surface area contributed by atoms with Crippen LogP contribution in [0.5, 0.6) is 5.75 Å². The van der Waals surface area contributed by atoms with Crippen molar-refractivity contribution in [3.63, 3.8) is 0 Å². The quantitative estimate of drug-likeness (QED) is 0.357. The summed E-state index contributed by atoms with van der Waals surface area (Å²) in [6.07, 6.45) is 5.18. The minimum absolute atomic E-state index is 0.0348. The molecule has 0 radical (unpaired) electrons. The molecule has 1 N–H and O–H groups in total. The van der Waals surface area contributed by atoms with Gasteiger partial charge in [-0.25, -0.2) is 0 Å². The Morgan fingerprint density at radius 1 is 1.33 bits per heavy atom. The number of rotatable bonds is 7. The minimum atomic E-state index is -1.05. The van der Waals surface area contributed by atoms with Crippen molar-refractivity contribution in [2.75, 3.05) is 20.8 Å². The number of unbranched alkanes of at least 4 members (excludes halogenated alkanes) is 1. The number of aliphatic hydroxyl groups is 1. The minimum Gasteiger partial charge on any atom is -0.507 e.